The molecule has 2 N–H and O–H groups in total. The predicted molar refractivity (Wildman–Crippen MR) is 67.6 cm³/mol. The highest BCUT2D eigenvalue weighted by molar-refractivity contribution is 5.99. The second kappa shape index (κ2) is 5.12. The van der Waals surface area contributed by atoms with E-state index in [-0.39, 0.29) is 0 Å². The number of aliphatic imine (C=N–C) groups is 1. The van der Waals surface area contributed by atoms with Gasteiger partial charge < -0.3 is 10.5 Å². The van der Waals surface area contributed by atoms with Gasteiger partial charge in [-0.05, 0) is 24.3 Å². The molecule has 0 atom stereocenters. The van der Waals surface area contributed by atoms with Crippen LogP contribution in [0.4, 0.5) is 5.69 Å². The van der Waals surface area contributed by atoms with E-state index in [2.05, 4.69) is 9.98 Å². The summed E-state index contributed by atoms with van der Waals surface area (Å²) in [5.74, 6) is 1.11. The number of hydrogen-bond donors (Lipinski definition) is 1. The molecule has 1 heterocycles. The van der Waals surface area contributed by atoms with Crippen LogP contribution in [-0.2, 0) is 0 Å². The third kappa shape index (κ3) is 2.60. The van der Waals surface area contributed by atoms with Crippen molar-refractivity contribution in [2.75, 3.05) is 7.11 Å². The summed E-state index contributed by atoms with van der Waals surface area (Å²) in [4.78, 5) is 8.33. The first-order valence-electron chi connectivity index (χ1n) is 5.19. The quantitative estimate of drug-likeness (QED) is 0.645. The highest BCUT2D eigenvalue weighted by atomic mass is 16.5. The number of rotatable bonds is 3. The Labute approximate surface area is 99.8 Å². The fourth-order valence-electron chi connectivity index (χ4n) is 1.43. The van der Waals surface area contributed by atoms with Gasteiger partial charge in [0, 0.05) is 18.0 Å². The summed E-state index contributed by atoms with van der Waals surface area (Å²) in [6, 6.07) is 11.1. The van der Waals surface area contributed by atoms with Crippen molar-refractivity contribution in [2.45, 2.75) is 0 Å². The van der Waals surface area contributed by atoms with Gasteiger partial charge in [-0.2, -0.15) is 0 Å². The average Bonchev–Trinajstić information content (AvgIpc) is 2.40. The first kappa shape index (κ1) is 11.1. The molecular formula is C13H13N3O. The van der Waals surface area contributed by atoms with Gasteiger partial charge in [0.15, 0.2) is 0 Å². The molecule has 0 unspecified atom stereocenters. The van der Waals surface area contributed by atoms with Crippen LogP contribution in [0.1, 0.15) is 5.56 Å². The van der Waals surface area contributed by atoms with Gasteiger partial charge in [0.25, 0.3) is 0 Å². The van der Waals surface area contributed by atoms with Crippen molar-refractivity contribution < 1.29 is 4.74 Å². The van der Waals surface area contributed by atoms with Gasteiger partial charge in [-0.15, -0.1) is 0 Å². The maximum atomic E-state index is 5.91. The van der Waals surface area contributed by atoms with Gasteiger partial charge in [-0.1, -0.05) is 12.1 Å². The first-order valence-corrected chi connectivity index (χ1v) is 5.19. The Balaban J connectivity index is 2.36. The molecule has 0 fully saturated rings. The molecule has 1 aromatic carbocycles. The third-order valence-electron chi connectivity index (χ3n) is 2.28. The van der Waals surface area contributed by atoms with Crippen molar-refractivity contribution in [3.05, 3.63) is 54.4 Å². The zero-order valence-electron chi connectivity index (χ0n) is 9.50. The van der Waals surface area contributed by atoms with Crippen molar-refractivity contribution in [3.8, 4) is 5.75 Å². The van der Waals surface area contributed by atoms with Crippen LogP contribution in [-0.4, -0.2) is 17.9 Å². The SMILES string of the molecule is COc1ccccc1N=C(N)c1cccnc1. The van der Waals surface area contributed by atoms with Crippen molar-refractivity contribution in [2.24, 2.45) is 10.7 Å². The van der Waals surface area contributed by atoms with Crippen LogP contribution in [0.3, 0.4) is 0 Å². The van der Waals surface area contributed by atoms with E-state index in [0.717, 1.165) is 5.56 Å². The summed E-state index contributed by atoms with van der Waals surface area (Å²) in [7, 11) is 1.61. The highest BCUT2D eigenvalue weighted by Gasteiger charge is 2.02. The lowest BCUT2D eigenvalue weighted by molar-refractivity contribution is 0.416. The minimum atomic E-state index is 0.419. The van der Waals surface area contributed by atoms with Gasteiger partial charge in [-0.25, -0.2) is 4.99 Å². The predicted octanol–water partition coefficient (Wildman–Crippen LogP) is 2.13. The number of nitrogens with zero attached hydrogens (tertiary/aromatic N) is 2. The molecule has 2 aromatic rings. The number of ether oxygens (including phenoxy) is 1. The molecule has 2 rings (SSSR count). The summed E-state index contributed by atoms with van der Waals surface area (Å²) < 4.78 is 5.20. The lowest BCUT2D eigenvalue weighted by atomic mass is 10.2. The number of pyridine rings is 1. The molecule has 0 saturated carbocycles. The Morgan fingerprint density at radius 3 is 2.76 bits per heavy atom. The molecule has 0 saturated heterocycles. The number of para-hydroxylation sites is 2. The van der Waals surface area contributed by atoms with Crippen LogP contribution in [0.15, 0.2) is 53.8 Å². The maximum absolute atomic E-state index is 5.91. The highest BCUT2D eigenvalue weighted by Crippen LogP contribution is 2.26. The van der Waals surface area contributed by atoms with Gasteiger partial charge in [0.1, 0.15) is 17.3 Å². The molecule has 17 heavy (non-hydrogen) atoms. The number of nitrogens with two attached hydrogens (primary N) is 1. The van der Waals surface area contributed by atoms with Crippen LogP contribution in [0.25, 0.3) is 0 Å². The second-order valence-electron chi connectivity index (χ2n) is 3.41. The van der Waals surface area contributed by atoms with Crippen molar-refractivity contribution in [1.29, 1.82) is 0 Å². The standard InChI is InChI=1S/C13H13N3O/c1-17-12-7-3-2-6-11(12)16-13(14)10-5-4-8-15-9-10/h2-9H,1H3,(H2,14,16). The fourth-order valence-corrected chi connectivity index (χ4v) is 1.43. The van der Waals surface area contributed by atoms with E-state index in [1.165, 1.54) is 0 Å². The van der Waals surface area contributed by atoms with Crippen LogP contribution < -0.4 is 10.5 Å². The number of aromatic nitrogens is 1. The zero-order chi connectivity index (χ0) is 12.1. The molecule has 1 aromatic heterocycles. The van der Waals surface area contributed by atoms with E-state index < -0.39 is 0 Å². The van der Waals surface area contributed by atoms with Gasteiger partial charge in [0.2, 0.25) is 0 Å². The molecule has 0 spiro atoms. The van der Waals surface area contributed by atoms with Gasteiger partial charge >= 0.3 is 0 Å². The molecule has 0 bridgehead atoms. The average molecular weight is 227 g/mol. The van der Waals surface area contributed by atoms with Crippen molar-refractivity contribution in [1.82, 2.24) is 4.98 Å². The molecule has 0 aliphatic rings. The molecule has 0 amide bonds. The molecule has 4 heteroatoms. The van der Waals surface area contributed by atoms with E-state index in [9.17, 15) is 0 Å². The van der Waals surface area contributed by atoms with Crippen molar-refractivity contribution >= 4 is 11.5 Å². The monoisotopic (exact) mass is 227 g/mol. The Morgan fingerprint density at radius 2 is 2.06 bits per heavy atom. The lowest BCUT2D eigenvalue weighted by Crippen LogP contribution is -2.12. The minimum Gasteiger partial charge on any atom is -0.494 e. The number of methoxy groups -OCH3 is 1. The fraction of sp³-hybridized carbons (Fsp3) is 0.0769. The summed E-state index contributed by atoms with van der Waals surface area (Å²) >= 11 is 0. The second-order valence-corrected chi connectivity index (χ2v) is 3.41. The molecule has 0 aliphatic heterocycles. The molecule has 0 radical (unpaired) electrons. The largest absolute Gasteiger partial charge is 0.494 e. The summed E-state index contributed by atoms with van der Waals surface area (Å²) in [5.41, 5.74) is 7.40. The molecular weight excluding hydrogens is 214 g/mol. The zero-order valence-corrected chi connectivity index (χ0v) is 9.50. The Hall–Kier alpha value is -2.36. The van der Waals surface area contributed by atoms with E-state index in [1.54, 1.807) is 19.5 Å². The van der Waals surface area contributed by atoms with E-state index in [4.69, 9.17) is 10.5 Å². The molecule has 0 aliphatic carbocycles. The third-order valence-corrected chi connectivity index (χ3v) is 2.28. The van der Waals surface area contributed by atoms with Crippen LogP contribution >= 0.6 is 0 Å². The van der Waals surface area contributed by atoms with Crippen molar-refractivity contribution in [3.63, 3.8) is 0 Å². The minimum absolute atomic E-state index is 0.419. The summed E-state index contributed by atoms with van der Waals surface area (Å²) in [6.07, 6.45) is 3.37. The topological polar surface area (TPSA) is 60.5 Å². The Morgan fingerprint density at radius 1 is 1.24 bits per heavy atom. The normalized spacial score (nSPS) is 11.2. The summed E-state index contributed by atoms with van der Waals surface area (Å²) in [6.45, 7) is 0. The first-order chi connectivity index (χ1) is 8.31. The van der Waals surface area contributed by atoms with Crippen LogP contribution in [0.5, 0.6) is 5.75 Å². The maximum Gasteiger partial charge on any atom is 0.144 e. The number of benzene rings is 1. The molecule has 4 nitrogen and oxygen atoms in total. The van der Waals surface area contributed by atoms with E-state index in [0.29, 0.717) is 17.3 Å². The number of amidine groups is 1. The van der Waals surface area contributed by atoms with E-state index in [1.807, 2.05) is 36.4 Å². The van der Waals surface area contributed by atoms with Crippen LogP contribution in [0.2, 0.25) is 0 Å². The van der Waals surface area contributed by atoms with Gasteiger partial charge in [-0.3, -0.25) is 4.98 Å². The van der Waals surface area contributed by atoms with E-state index >= 15 is 0 Å². The van der Waals surface area contributed by atoms with Crippen LogP contribution in [0, 0.1) is 0 Å². The Kier molecular flexibility index (Phi) is 3.35. The Bertz CT molecular complexity index is 523. The van der Waals surface area contributed by atoms with Gasteiger partial charge in [0.05, 0.1) is 7.11 Å². The molecule has 86 valence electrons. The smallest absolute Gasteiger partial charge is 0.144 e. The summed E-state index contributed by atoms with van der Waals surface area (Å²) in [5, 5.41) is 0. The lowest BCUT2D eigenvalue weighted by Gasteiger charge is -2.05. The number of hydrogen-bond acceptors (Lipinski definition) is 3.